The number of aromatic nitrogens is 2. The maximum Gasteiger partial charge on any atom is 0.262 e. The summed E-state index contributed by atoms with van der Waals surface area (Å²) in [4.78, 5) is 46.0. The van der Waals surface area contributed by atoms with Crippen LogP contribution in [0.3, 0.4) is 0 Å². The van der Waals surface area contributed by atoms with E-state index in [4.69, 9.17) is 4.98 Å². The van der Waals surface area contributed by atoms with Crippen LogP contribution in [-0.4, -0.2) is 33.6 Å². The zero-order valence-electron chi connectivity index (χ0n) is 16.7. The first-order chi connectivity index (χ1) is 15.0. The summed E-state index contributed by atoms with van der Waals surface area (Å²) in [6, 6.07) is 13.6. The summed E-state index contributed by atoms with van der Waals surface area (Å²) in [5.74, 6) is 0.409. The Balaban J connectivity index is 1.54. The Labute approximate surface area is 176 Å². The van der Waals surface area contributed by atoms with Crippen molar-refractivity contribution in [3.63, 3.8) is 0 Å². The summed E-state index contributed by atoms with van der Waals surface area (Å²) in [7, 11) is 0. The lowest BCUT2D eigenvalue weighted by Crippen LogP contribution is -2.66. The van der Waals surface area contributed by atoms with E-state index >= 15 is 0 Å². The molecule has 2 amide bonds. The molecule has 5 atom stereocenters. The van der Waals surface area contributed by atoms with Gasteiger partial charge in [-0.15, -0.1) is 0 Å². The molecule has 0 saturated carbocycles. The molecule has 0 aliphatic carbocycles. The predicted molar refractivity (Wildman–Crippen MR) is 113 cm³/mol. The molecule has 1 aromatic heterocycles. The number of piperidine rings is 1. The fourth-order valence-electron chi connectivity index (χ4n) is 6.18. The van der Waals surface area contributed by atoms with Crippen molar-refractivity contribution in [1.82, 2.24) is 20.2 Å². The van der Waals surface area contributed by atoms with Crippen LogP contribution >= 0.6 is 0 Å². The molecule has 1 spiro atoms. The van der Waals surface area contributed by atoms with Crippen LogP contribution < -0.4 is 21.1 Å². The first-order valence-electron chi connectivity index (χ1n) is 10.5. The van der Waals surface area contributed by atoms with Gasteiger partial charge in [-0.3, -0.25) is 29.2 Å². The van der Waals surface area contributed by atoms with Crippen molar-refractivity contribution in [3.05, 3.63) is 70.3 Å². The Hall–Kier alpha value is -3.52. The topological polar surface area (TPSA) is 96.3 Å². The van der Waals surface area contributed by atoms with E-state index in [2.05, 4.69) is 10.6 Å². The highest BCUT2D eigenvalue weighted by atomic mass is 16.2. The molecular weight excluding hydrogens is 394 g/mol. The van der Waals surface area contributed by atoms with E-state index in [9.17, 15) is 14.4 Å². The average Bonchev–Trinajstić information content (AvgIpc) is 3.22. The second-order valence-electron chi connectivity index (χ2n) is 8.88. The van der Waals surface area contributed by atoms with Crippen LogP contribution in [0.25, 0.3) is 10.9 Å². The van der Waals surface area contributed by atoms with Crippen molar-refractivity contribution < 1.29 is 9.59 Å². The number of anilines is 1. The molecule has 0 unspecified atom stereocenters. The van der Waals surface area contributed by atoms with E-state index in [0.717, 1.165) is 11.3 Å². The van der Waals surface area contributed by atoms with Crippen LogP contribution in [0.4, 0.5) is 5.69 Å². The molecule has 8 heteroatoms. The van der Waals surface area contributed by atoms with E-state index in [0.29, 0.717) is 23.1 Å². The number of amides is 2. The van der Waals surface area contributed by atoms with Gasteiger partial charge in [0.1, 0.15) is 24.1 Å². The third-order valence-electron chi connectivity index (χ3n) is 7.47. The van der Waals surface area contributed by atoms with E-state index in [1.165, 1.54) is 0 Å². The summed E-state index contributed by atoms with van der Waals surface area (Å²) in [5.41, 5.74) is 1.70. The number of fused-ring (bicyclic) bond motifs is 5. The number of benzene rings is 2. The Morgan fingerprint density at radius 3 is 2.71 bits per heavy atom. The molecule has 154 valence electrons. The quantitative estimate of drug-likeness (QED) is 0.576. The Morgan fingerprint density at radius 2 is 1.84 bits per heavy atom. The van der Waals surface area contributed by atoms with Gasteiger partial charge >= 0.3 is 0 Å². The summed E-state index contributed by atoms with van der Waals surface area (Å²) in [6.45, 7) is 1.86. The van der Waals surface area contributed by atoms with Crippen molar-refractivity contribution >= 4 is 28.4 Å². The van der Waals surface area contributed by atoms with Crippen LogP contribution in [0.1, 0.15) is 36.8 Å². The van der Waals surface area contributed by atoms with Crippen molar-refractivity contribution in [2.24, 2.45) is 0 Å². The number of nitrogens with one attached hydrogen (secondary N) is 2. The van der Waals surface area contributed by atoms with Gasteiger partial charge in [0.15, 0.2) is 0 Å². The third-order valence-corrected chi connectivity index (χ3v) is 7.47. The molecule has 5 aliphatic heterocycles. The van der Waals surface area contributed by atoms with Gasteiger partial charge in [0.05, 0.1) is 22.4 Å². The fourth-order valence-corrected chi connectivity index (χ4v) is 6.18. The minimum absolute atomic E-state index is 0.0194. The van der Waals surface area contributed by atoms with Gasteiger partial charge in [0, 0.05) is 5.69 Å². The zero-order chi connectivity index (χ0) is 21.1. The molecule has 8 nitrogen and oxygen atoms in total. The standard InChI is InChI=1S/C23H19N5O3/c1-11-20(30)28-15-9-5-3-7-13(15)23(22(28)24-11)10-16-19(29)26-17(23)18-25-14-8-4-2-6-12(14)21(31)27(16)18/h2-9,11,16-17,22,24H,10H2,1H3,(H,26,29)/t11-,16-,17+,22-,23+/m0/s1. The van der Waals surface area contributed by atoms with Crippen LogP contribution in [0.2, 0.25) is 0 Å². The van der Waals surface area contributed by atoms with Crippen LogP contribution in [0, 0.1) is 0 Å². The lowest BCUT2D eigenvalue weighted by molar-refractivity contribution is -0.132. The van der Waals surface area contributed by atoms with Crippen LogP contribution in [0.5, 0.6) is 0 Å². The smallest absolute Gasteiger partial charge is 0.262 e. The van der Waals surface area contributed by atoms with E-state index in [1.807, 2.05) is 54.3 Å². The van der Waals surface area contributed by atoms with E-state index < -0.39 is 17.5 Å². The molecule has 8 rings (SSSR count). The highest BCUT2D eigenvalue weighted by Gasteiger charge is 2.67. The van der Waals surface area contributed by atoms with Gasteiger partial charge in [-0.25, -0.2) is 4.98 Å². The number of hydrogen-bond acceptors (Lipinski definition) is 5. The summed E-state index contributed by atoms with van der Waals surface area (Å²) in [6.07, 6.45) is 0.124. The largest absolute Gasteiger partial charge is 0.343 e. The van der Waals surface area contributed by atoms with Gasteiger partial charge < -0.3 is 5.32 Å². The van der Waals surface area contributed by atoms with Crippen molar-refractivity contribution in [3.8, 4) is 0 Å². The van der Waals surface area contributed by atoms with Gasteiger partial charge in [0.2, 0.25) is 11.8 Å². The van der Waals surface area contributed by atoms with Crippen molar-refractivity contribution in [2.75, 3.05) is 4.90 Å². The Kier molecular flexibility index (Phi) is 2.99. The van der Waals surface area contributed by atoms with Gasteiger partial charge in [-0.1, -0.05) is 30.3 Å². The molecule has 2 N–H and O–H groups in total. The van der Waals surface area contributed by atoms with Crippen LogP contribution in [0.15, 0.2) is 53.3 Å². The van der Waals surface area contributed by atoms with Gasteiger partial charge in [-0.2, -0.15) is 0 Å². The van der Waals surface area contributed by atoms with E-state index in [1.54, 1.807) is 10.6 Å². The minimum Gasteiger partial charge on any atom is -0.343 e. The Bertz CT molecular complexity index is 1400. The van der Waals surface area contributed by atoms with E-state index in [-0.39, 0.29) is 29.6 Å². The molecule has 5 aliphatic rings. The van der Waals surface area contributed by atoms with Crippen molar-refractivity contribution in [2.45, 2.75) is 43.1 Å². The number of hydrogen-bond donors (Lipinski definition) is 2. The van der Waals surface area contributed by atoms with Crippen molar-refractivity contribution in [1.29, 1.82) is 0 Å². The summed E-state index contributed by atoms with van der Waals surface area (Å²) < 4.78 is 1.57. The molecule has 2 fully saturated rings. The molecule has 3 aromatic rings. The summed E-state index contributed by atoms with van der Waals surface area (Å²) in [5, 5.41) is 7.12. The molecule has 2 bridgehead atoms. The first kappa shape index (κ1) is 17.2. The van der Waals surface area contributed by atoms with Gasteiger partial charge in [-0.05, 0) is 37.1 Å². The SMILES string of the molecule is C[C@@H]1N[C@H]2N(C1=O)c1ccccc1[C@@]21C[C@H]2C(=O)N[C@@H]1c1nc3ccccc3c(=O)n12. The lowest BCUT2D eigenvalue weighted by Gasteiger charge is -2.52. The molecule has 2 saturated heterocycles. The highest BCUT2D eigenvalue weighted by Crippen LogP contribution is 2.59. The normalized spacial score (nSPS) is 32.4. The monoisotopic (exact) mass is 413 g/mol. The number of nitrogens with zero attached hydrogens (tertiary/aromatic N) is 3. The Morgan fingerprint density at radius 1 is 1.06 bits per heavy atom. The second kappa shape index (κ2) is 5.39. The predicted octanol–water partition coefficient (Wildman–Crippen LogP) is 1.11. The minimum atomic E-state index is -0.676. The number of rotatable bonds is 0. The maximum atomic E-state index is 13.4. The fraction of sp³-hybridized carbons (Fsp3) is 0.304. The highest BCUT2D eigenvalue weighted by molar-refractivity contribution is 6.03. The van der Waals surface area contributed by atoms with Gasteiger partial charge in [0.25, 0.3) is 5.56 Å². The molecular formula is C23H19N5O3. The molecule has 2 aromatic carbocycles. The summed E-state index contributed by atoms with van der Waals surface area (Å²) >= 11 is 0. The zero-order valence-corrected chi connectivity index (χ0v) is 16.7. The molecule has 6 heterocycles. The first-order valence-corrected chi connectivity index (χ1v) is 10.5. The third kappa shape index (κ3) is 1.82. The maximum absolute atomic E-state index is 13.4. The molecule has 31 heavy (non-hydrogen) atoms. The average molecular weight is 413 g/mol. The number of carbonyl (C=O) groups is 2. The van der Waals surface area contributed by atoms with Crippen LogP contribution in [-0.2, 0) is 15.0 Å². The second-order valence-corrected chi connectivity index (χ2v) is 8.88. The molecule has 0 radical (unpaired) electrons. The number of para-hydroxylation sites is 2. The number of carbonyl (C=O) groups excluding carboxylic acids is 2. The lowest BCUT2D eigenvalue weighted by atomic mass is 9.64.